The molecule has 214 valence electrons. The number of para-hydroxylation sites is 2. The number of fused-ring (bicyclic) bond motifs is 11. The maximum Gasteiger partial charge on any atom is 0.238 e. The van der Waals surface area contributed by atoms with Crippen LogP contribution in [0.25, 0.3) is 88.9 Å². The van der Waals surface area contributed by atoms with Crippen LogP contribution < -0.4 is 0 Å². The van der Waals surface area contributed by atoms with Gasteiger partial charge in [-0.25, -0.2) is 9.97 Å². The van der Waals surface area contributed by atoms with Gasteiger partial charge in [0.25, 0.3) is 0 Å². The Morgan fingerprint density at radius 2 is 0.913 bits per heavy atom. The molecule has 10 rings (SSSR count). The van der Waals surface area contributed by atoms with Gasteiger partial charge in [-0.15, -0.1) is 0 Å². The van der Waals surface area contributed by atoms with Gasteiger partial charge in [-0.2, -0.15) is 9.97 Å². The highest BCUT2D eigenvalue weighted by atomic mass is 15.2. The third-order valence-electron chi connectivity index (χ3n) is 8.94. The van der Waals surface area contributed by atoms with E-state index in [1.165, 1.54) is 10.8 Å². The van der Waals surface area contributed by atoms with Crippen molar-refractivity contribution in [2.24, 2.45) is 0 Å². The Morgan fingerprint density at radius 1 is 0.370 bits per heavy atom. The number of hydrogen-bond donors (Lipinski definition) is 0. The summed E-state index contributed by atoms with van der Waals surface area (Å²) in [5.74, 6) is 1.83. The molecule has 0 saturated heterocycles. The van der Waals surface area contributed by atoms with Crippen molar-refractivity contribution in [1.29, 1.82) is 0 Å². The number of imidazole rings is 1. The van der Waals surface area contributed by atoms with E-state index in [4.69, 9.17) is 19.9 Å². The molecule has 46 heavy (non-hydrogen) atoms. The summed E-state index contributed by atoms with van der Waals surface area (Å²) in [5.41, 5.74) is 7.97. The van der Waals surface area contributed by atoms with E-state index in [1.807, 2.05) is 60.7 Å². The van der Waals surface area contributed by atoms with Crippen LogP contribution >= 0.6 is 0 Å². The number of rotatable bonds is 3. The first-order chi connectivity index (χ1) is 22.8. The summed E-state index contributed by atoms with van der Waals surface area (Å²) in [6.45, 7) is 0. The Hall–Kier alpha value is -6.40. The van der Waals surface area contributed by atoms with Crippen molar-refractivity contribution < 1.29 is 0 Å². The topological polar surface area (TPSA) is 60.9 Å². The van der Waals surface area contributed by atoms with Gasteiger partial charge in [-0.05, 0) is 29.7 Å². The lowest BCUT2D eigenvalue weighted by atomic mass is 10.1. The molecule has 0 aliphatic rings. The minimum absolute atomic E-state index is 0.572. The fraction of sp³-hybridized carbons (Fsp3) is 0. The van der Waals surface area contributed by atoms with E-state index >= 15 is 0 Å². The first-order valence-corrected chi connectivity index (χ1v) is 15.3. The maximum absolute atomic E-state index is 5.25. The van der Waals surface area contributed by atoms with Crippen LogP contribution in [0.3, 0.4) is 0 Å². The van der Waals surface area contributed by atoms with Crippen LogP contribution in [0.4, 0.5) is 0 Å². The van der Waals surface area contributed by atoms with Crippen molar-refractivity contribution in [2.75, 3.05) is 0 Å². The molecular formula is C40H24N6. The minimum atomic E-state index is 0.572. The average Bonchev–Trinajstić information content (AvgIpc) is 3.67. The lowest BCUT2D eigenvalue weighted by molar-refractivity contribution is 0.953. The molecule has 0 atom stereocenters. The first kappa shape index (κ1) is 25.0. The van der Waals surface area contributed by atoms with Gasteiger partial charge in [-0.3, -0.25) is 8.97 Å². The summed E-state index contributed by atoms with van der Waals surface area (Å²) < 4.78 is 4.47. The Kier molecular flexibility index (Phi) is 5.19. The Labute approximate surface area is 262 Å². The fourth-order valence-corrected chi connectivity index (χ4v) is 6.89. The van der Waals surface area contributed by atoms with Gasteiger partial charge in [0.2, 0.25) is 5.95 Å². The summed E-state index contributed by atoms with van der Waals surface area (Å²) in [4.78, 5) is 20.4. The Balaban J connectivity index is 1.35. The second-order valence-corrected chi connectivity index (χ2v) is 11.6. The van der Waals surface area contributed by atoms with Crippen LogP contribution in [-0.4, -0.2) is 28.9 Å². The second kappa shape index (κ2) is 9.55. The lowest BCUT2D eigenvalue weighted by Gasteiger charge is -2.11. The van der Waals surface area contributed by atoms with E-state index < -0.39 is 0 Å². The van der Waals surface area contributed by atoms with E-state index in [9.17, 15) is 0 Å². The Morgan fingerprint density at radius 3 is 1.59 bits per heavy atom. The van der Waals surface area contributed by atoms with Crippen LogP contribution in [-0.2, 0) is 0 Å². The zero-order valence-electron chi connectivity index (χ0n) is 24.5. The summed E-state index contributed by atoms with van der Waals surface area (Å²) in [5, 5.41) is 5.75. The highest BCUT2D eigenvalue weighted by Crippen LogP contribution is 2.37. The molecule has 0 aliphatic heterocycles. The molecule has 6 aromatic carbocycles. The van der Waals surface area contributed by atoms with Crippen LogP contribution in [0.15, 0.2) is 146 Å². The molecule has 0 N–H and O–H groups in total. The van der Waals surface area contributed by atoms with Gasteiger partial charge in [0.05, 0.1) is 27.6 Å². The zero-order chi connectivity index (χ0) is 30.2. The molecule has 6 heteroatoms. The molecule has 0 amide bonds. The zero-order valence-corrected chi connectivity index (χ0v) is 24.5. The summed E-state index contributed by atoms with van der Waals surface area (Å²) in [6, 6.07) is 50.2. The van der Waals surface area contributed by atoms with Crippen molar-refractivity contribution in [1.82, 2.24) is 28.9 Å². The molecule has 0 spiro atoms. The van der Waals surface area contributed by atoms with Crippen LogP contribution in [0.2, 0.25) is 0 Å². The molecule has 0 unspecified atom stereocenters. The van der Waals surface area contributed by atoms with Crippen LogP contribution in [0.1, 0.15) is 0 Å². The molecule has 10 aromatic rings. The van der Waals surface area contributed by atoms with E-state index in [0.29, 0.717) is 17.6 Å². The second-order valence-electron chi connectivity index (χ2n) is 11.6. The molecule has 6 nitrogen and oxygen atoms in total. The quantitative estimate of drug-likeness (QED) is 0.193. The molecule has 4 aromatic heterocycles. The van der Waals surface area contributed by atoms with Gasteiger partial charge in [-0.1, -0.05) is 121 Å². The van der Waals surface area contributed by atoms with Crippen LogP contribution in [0, 0.1) is 0 Å². The van der Waals surface area contributed by atoms with Crippen molar-refractivity contribution in [2.45, 2.75) is 0 Å². The lowest BCUT2D eigenvalue weighted by Crippen LogP contribution is -2.06. The van der Waals surface area contributed by atoms with Crippen LogP contribution in [0.5, 0.6) is 0 Å². The van der Waals surface area contributed by atoms with E-state index in [-0.39, 0.29) is 0 Å². The molecule has 0 aliphatic carbocycles. The first-order valence-electron chi connectivity index (χ1n) is 15.3. The van der Waals surface area contributed by atoms with Gasteiger partial charge < -0.3 is 0 Å². The van der Waals surface area contributed by atoms with Crippen molar-refractivity contribution in [3.63, 3.8) is 0 Å². The van der Waals surface area contributed by atoms with Gasteiger partial charge in [0, 0.05) is 32.7 Å². The predicted molar refractivity (Wildman–Crippen MR) is 186 cm³/mol. The monoisotopic (exact) mass is 588 g/mol. The van der Waals surface area contributed by atoms with Gasteiger partial charge in [0.15, 0.2) is 11.6 Å². The number of pyridine rings is 1. The summed E-state index contributed by atoms with van der Waals surface area (Å²) in [6.07, 6.45) is 0. The van der Waals surface area contributed by atoms with Crippen molar-refractivity contribution >= 4 is 60.2 Å². The van der Waals surface area contributed by atoms with E-state index in [1.54, 1.807) is 0 Å². The highest BCUT2D eigenvalue weighted by Gasteiger charge is 2.20. The smallest absolute Gasteiger partial charge is 0.238 e. The molecule has 0 bridgehead atoms. The molecule has 0 radical (unpaired) electrons. The van der Waals surface area contributed by atoms with Gasteiger partial charge >= 0.3 is 0 Å². The molecule has 0 fully saturated rings. The largest absolute Gasteiger partial charge is 0.292 e. The third kappa shape index (κ3) is 3.58. The fourth-order valence-electron chi connectivity index (χ4n) is 6.89. The summed E-state index contributed by atoms with van der Waals surface area (Å²) in [7, 11) is 0. The number of hydrogen-bond acceptors (Lipinski definition) is 4. The number of nitrogens with zero attached hydrogens (tertiary/aromatic N) is 6. The standard InChI is InChI=1S/C40H24N6/c1-3-13-25(14-4-1)37-42-38(26-15-5-2-6-16-26)44-40(43-37)46-34-22-12-10-19-29(34)31-23-32-36(24-35(31)46)45-33-21-11-9-18-28(33)27-17-7-8-20-30(27)39(45)41-32/h1-24H. The highest BCUT2D eigenvalue weighted by molar-refractivity contribution is 6.17. The normalized spacial score (nSPS) is 11.9. The minimum Gasteiger partial charge on any atom is -0.292 e. The molecule has 0 saturated carbocycles. The average molecular weight is 589 g/mol. The number of aromatic nitrogens is 6. The van der Waals surface area contributed by atoms with E-state index in [0.717, 1.165) is 60.5 Å². The van der Waals surface area contributed by atoms with Crippen molar-refractivity contribution in [3.05, 3.63) is 146 Å². The Bertz CT molecular complexity index is 2740. The SMILES string of the molecule is c1ccc(-c2nc(-c3ccccc3)nc(-n3c4ccccc4c4cc5nc6c7ccccc7c7ccccc7n6c5cc43)n2)cc1. The summed E-state index contributed by atoms with van der Waals surface area (Å²) >= 11 is 0. The van der Waals surface area contributed by atoms with Gasteiger partial charge in [0.1, 0.15) is 5.65 Å². The third-order valence-corrected chi connectivity index (χ3v) is 8.94. The van der Waals surface area contributed by atoms with Crippen molar-refractivity contribution in [3.8, 4) is 28.7 Å². The predicted octanol–water partition coefficient (Wildman–Crippen LogP) is 9.41. The molecule has 4 heterocycles. The van der Waals surface area contributed by atoms with E-state index in [2.05, 4.69) is 93.9 Å². The molecular weight excluding hydrogens is 564 g/mol. The maximum atomic E-state index is 5.25. The number of benzene rings is 6.